The highest BCUT2D eigenvalue weighted by atomic mass is 16.6. The highest BCUT2D eigenvalue weighted by Crippen LogP contribution is 2.26. The van der Waals surface area contributed by atoms with E-state index in [0.717, 1.165) is 19.3 Å². The summed E-state index contributed by atoms with van der Waals surface area (Å²) >= 11 is 0. The van der Waals surface area contributed by atoms with Gasteiger partial charge in [0.05, 0.1) is 4.92 Å². The van der Waals surface area contributed by atoms with Crippen molar-refractivity contribution < 1.29 is 4.92 Å². The van der Waals surface area contributed by atoms with Gasteiger partial charge in [0.1, 0.15) is 0 Å². The molecule has 0 fully saturated rings. The number of nitro groups is 1. The highest BCUT2D eigenvalue weighted by Gasteiger charge is 2.20. The molecule has 1 unspecified atom stereocenters. The first kappa shape index (κ1) is 14.4. The van der Waals surface area contributed by atoms with E-state index in [1.165, 1.54) is 0 Å². The predicted octanol–water partition coefficient (Wildman–Crippen LogP) is 2.23. The Labute approximate surface area is 107 Å². The third kappa shape index (κ3) is 3.66. The highest BCUT2D eigenvalue weighted by molar-refractivity contribution is 5.60. The SMILES string of the molecule is CCCCC(CN)Nc1nccc(C)c1[N+](=O)[O-]. The molecule has 1 rings (SSSR count). The quantitative estimate of drug-likeness (QED) is 0.573. The Morgan fingerprint density at radius 2 is 2.33 bits per heavy atom. The second-order valence-corrected chi connectivity index (χ2v) is 4.30. The van der Waals surface area contributed by atoms with Crippen LogP contribution in [0.3, 0.4) is 0 Å². The minimum atomic E-state index is -0.405. The van der Waals surface area contributed by atoms with Gasteiger partial charge in [-0.3, -0.25) is 10.1 Å². The fourth-order valence-corrected chi connectivity index (χ4v) is 1.78. The van der Waals surface area contributed by atoms with Gasteiger partial charge in [-0.05, 0) is 19.4 Å². The van der Waals surface area contributed by atoms with Crippen molar-refractivity contribution in [2.45, 2.75) is 39.2 Å². The molecule has 3 N–H and O–H groups in total. The van der Waals surface area contributed by atoms with Gasteiger partial charge in [0.25, 0.3) is 0 Å². The maximum atomic E-state index is 11.0. The van der Waals surface area contributed by atoms with E-state index >= 15 is 0 Å². The molecule has 0 saturated carbocycles. The molecular weight excluding hydrogens is 232 g/mol. The van der Waals surface area contributed by atoms with Crippen LogP contribution in [-0.2, 0) is 0 Å². The van der Waals surface area contributed by atoms with E-state index in [9.17, 15) is 10.1 Å². The Bertz CT molecular complexity index is 409. The first-order valence-electron chi connectivity index (χ1n) is 6.16. The Morgan fingerprint density at radius 3 is 2.89 bits per heavy atom. The number of anilines is 1. The van der Waals surface area contributed by atoms with Gasteiger partial charge in [0.15, 0.2) is 0 Å². The molecule has 0 aromatic carbocycles. The zero-order valence-corrected chi connectivity index (χ0v) is 10.8. The van der Waals surface area contributed by atoms with Gasteiger partial charge in [0, 0.05) is 24.3 Å². The zero-order chi connectivity index (χ0) is 13.5. The van der Waals surface area contributed by atoms with Gasteiger partial charge in [-0.25, -0.2) is 4.98 Å². The summed E-state index contributed by atoms with van der Waals surface area (Å²) in [6.07, 6.45) is 4.56. The van der Waals surface area contributed by atoms with Gasteiger partial charge in [-0.2, -0.15) is 0 Å². The summed E-state index contributed by atoms with van der Waals surface area (Å²) in [5, 5.41) is 14.1. The molecule has 1 atom stereocenters. The molecule has 0 amide bonds. The van der Waals surface area contributed by atoms with Crippen LogP contribution in [0.25, 0.3) is 0 Å². The third-order valence-electron chi connectivity index (χ3n) is 2.84. The van der Waals surface area contributed by atoms with Crippen LogP contribution >= 0.6 is 0 Å². The number of rotatable bonds is 7. The smallest absolute Gasteiger partial charge is 0.314 e. The van der Waals surface area contributed by atoms with Crippen LogP contribution in [-0.4, -0.2) is 22.5 Å². The number of hydrogen-bond acceptors (Lipinski definition) is 5. The zero-order valence-electron chi connectivity index (χ0n) is 10.8. The van der Waals surface area contributed by atoms with Crippen molar-refractivity contribution in [3.8, 4) is 0 Å². The molecule has 1 aromatic rings. The van der Waals surface area contributed by atoms with Crippen LogP contribution in [0.1, 0.15) is 31.7 Å². The second kappa shape index (κ2) is 6.90. The molecule has 18 heavy (non-hydrogen) atoms. The van der Waals surface area contributed by atoms with E-state index in [0.29, 0.717) is 17.9 Å². The number of pyridine rings is 1. The lowest BCUT2D eigenvalue weighted by Crippen LogP contribution is -2.29. The third-order valence-corrected chi connectivity index (χ3v) is 2.84. The molecule has 1 heterocycles. The van der Waals surface area contributed by atoms with Crippen molar-refractivity contribution in [2.24, 2.45) is 5.73 Å². The largest absolute Gasteiger partial charge is 0.360 e. The first-order valence-corrected chi connectivity index (χ1v) is 6.16. The molecule has 6 nitrogen and oxygen atoms in total. The van der Waals surface area contributed by atoms with E-state index in [2.05, 4.69) is 17.2 Å². The average Bonchev–Trinajstić information content (AvgIpc) is 2.33. The lowest BCUT2D eigenvalue weighted by Gasteiger charge is -2.17. The van der Waals surface area contributed by atoms with Gasteiger partial charge in [0.2, 0.25) is 5.82 Å². The average molecular weight is 252 g/mol. The number of nitrogens with zero attached hydrogens (tertiary/aromatic N) is 2. The van der Waals surface area contributed by atoms with E-state index in [1.54, 1.807) is 19.2 Å². The lowest BCUT2D eigenvalue weighted by atomic mass is 10.1. The minimum absolute atomic E-state index is 0.0259. The van der Waals surface area contributed by atoms with Gasteiger partial charge < -0.3 is 11.1 Å². The predicted molar refractivity (Wildman–Crippen MR) is 71.6 cm³/mol. The fourth-order valence-electron chi connectivity index (χ4n) is 1.78. The minimum Gasteiger partial charge on any atom is -0.360 e. The van der Waals surface area contributed by atoms with Crippen LogP contribution in [0.5, 0.6) is 0 Å². The first-order chi connectivity index (χ1) is 8.60. The van der Waals surface area contributed by atoms with E-state index in [1.807, 2.05) is 0 Å². The van der Waals surface area contributed by atoms with Crippen molar-refractivity contribution in [1.29, 1.82) is 0 Å². The summed E-state index contributed by atoms with van der Waals surface area (Å²) < 4.78 is 0. The summed E-state index contributed by atoms with van der Waals surface area (Å²) in [5.74, 6) is 0.312. The van der Waals surface area contributed by atoms with Crippen molar-refractivity contribution in [3.05, 3.63) is 27.9 Å². The molecule has 6 heteroatoms. The monoisotopic (exact) mass is 252 g/mol. The van der Waals surface area contributed by atoms with E-state index in [-0.39, 0.29) is 11.7 Å². The summed E-state index contributed by atoms with van der Waals surface area (Å²) in [6.45, 7) is 4.24. The summed E-state index contributed by atoms with van der Waals surface area (Å²) in [4.78, 5) is 14.7. The number of nitrogens with two attached hydrogens (primary N) is 1. The molecule has 0 radical (unpaired) electrons. The normalized spacial score (nSPS) is 12.2. The number of unbranched alkanes of at least 4 members (excludes halogenated alkanes) is 1. The van der Waals surface area contributed by atoms with Crippen LogP contribution in [0.15, 0.2) is 12.3 Å². The van der Waals surface area contributed by atoms with Gasteiger partial charge in [-0.15, -0.1) is 0 Å². The second-order valence-electron chi connectivity index (χ2n) is 4.30. The molecular formula is C12H20N4O2. The Morgan fingerprint density at radius 1 is 1.61 bits per heavy atom. The summed E-state index contributed by atoms with van der Waals surface area (Å²) in [6, 6.07) is 1.66. The summed E-state index contributed by atoms with van der Waals surface area (Å²) in [7, 11) is 0. The van der Waals surface area contributed by atoms with Crippen molar-refractivity contribution in [1.82, 2.24) is 4.98 Å². The lowest BCUT2D eigenvalue weighted by molar-refractivity contribution is -0.384. The number of aryl methyl sites for hydroxylation is 1. The van der Waals surface area contributed by atoms with Crippen LogP contribution < -0.4 is 11.1 Å². The van der Waals surface area contributed by atoms with Crippen LogP contribution in [0.2, 0.25) is 0 Å². The van der Waals surface area contributed by atoms with Crippen LogP contribution in [0, 0.1) is 17.0 Å². The van der Waals surface area contributed by atoms with Crippen molar-refractivity contribution in [3.63, 3.8) is 0 Å². The van der Waals surface area contributed by atoms with E-state index < -0.39 is 4.92 Å². The maximum Gasteiger partial charge on any atom is 0.314 e. The van der Waals surface area contributed by atoms with Crippen molar-refractivity contribution in [2.75, 3.05) is 11.9 Å². The van der Waals surface area contributed by atoms with E-state index in [4.69, 9.17) is 5.73 Å². The Hall–Kier alpha value is -1.69. The Balaban J connectivity index is 2.88. The Kier molecular flexibility index (Phi) is 5.51. The molecule has 0 saturated heterocycles. The summed E-state index contributed by atoms with van der Waals surface area (Å²) in [5.41, 5.74) is 6.30. The van der Waals surface area contributed by atoms with Gasteiger partial charge >= 0.3 is 5.69 Å². The number of hydrogen-bond donors (Lipinski definition) is 2. The molecule has 0 aliphatic rings. The maximum absolute atomic E-state index is 11.0. The molecule has 0 aliphatic heterocycles. The molecule has 0 spiro atoms. The molecule has 100 valence electrons. The van der Waals surface area contributed by atoms with Crippen molar-refractivity contribution >= 4 is 11.5 Å². The molecule has 1 aromatic heterocycles. The topological polar surface area (TPSA) is 94.1 Å². The standard InChI is InChI=1S/C12H20N4O2/c1-3-4-5-10(8-13)15-12-11(16(17)18)9(2)6-7-14-12/h6-7,10H,3-5,8,13H2,1-2H3,(H,14,15). The molecule has 0 bridgehead atoms. The number of aromatic nitrogens is 1. The number of nitrogens with one attached hydrogen (secondary N) is 1. The van der Waals surface area contributed by atoms with Crippen LogP contribution in [0.4, 0.5) is 11.5 Å². The fraction of sp³-hybridized carbons (Fsp3) is 0.583. The molecule has 0 aliphatic carbocycles. The van der Waals surface area contributed by atoms with Gasteiger partial charge in [-0.1, -0.05) is 19.8 Å².